The number of alkyl halides is 3. The molecule has 6 nitrogen and oxygen atoms in total. The Kier molecular flexibility index (Phi) is 5.61. The number of halogens is 5. The number of aliphatic imine (C=N–C) groups is 1. The third kappa shape index (κ3) is 3.96. The van der Waals surface area contributed by atoms with Crippen molar-refractivity contribution in [2.24, 2.45) is 10.1 Å². The molecule has 2 aliphatic heterocycles. The second-order valence-electron chi connectivity index (χ2n) is 5.60. The normalized spacial score (nSPS) is 17.8. The van der Waals surface area contributed by atoms with Crippen molar-refractivity contribution in [3.05, 3.63) is 52.8 Å². The molecule has 0 bridgehead atoms. The fraction of sp³-hybridized carbons (Fsp3) is 0.0588. The zero-order valence-electron chi connectivity index (χ0n) is 14.0. The molecule has 0 saturated carbocycles. The summed E-state index contributed by atoms with van der Waals surface area (Å²) < 4.78 is 44.1. The zero-order chi connectivity index (χ0) is 20.1. The molecule has 1 aromatic carbocycles. The van der Waals surface area contributed by atoms with Gasteiger partial charge in [0.15, 0.2) is 5.84 Å². The average molecular weight is 461 g/mol. The molecular formula is C17H9Cl2F3N4O2S. The number of thioether (sulfide) groups is 1. The summed E-state index contributed by atoms with van der Waals surface area (Å²) in [5, 5.41) is 11.0. The molecule has 0 spiro atoms. The maximum Gasteiger partial charge on any atom is 0.441 e. The van der Waals surface area contributed by atoms with Crippen LogP contribution in [0.3, 0.4) is 0 Å². The molecule has 1 aromatic heterocycles. The first-order valence-electron chi connectivity index (χ1n) is 7.66. The maximum absolute atomic E-state index is 12.8. The smallest absolute Gasteiger partial charge is 0.441 e. The van der Waals surface area contributed by atoms with Crippen LogP contribution in [0.1, 0.15) is 5.76 Å². The Balaban J connectivity index is 0.00000240. The van der Waals surface area contributed by atoms with Crippen LogP contribution in [0.2, 0.25) is 5.02 Å². The molecule has 0 fully saturated rings. The van der Waals surface area contributed by atoms with Gasteiger partial charge in [0.25, 0.3) is 5.91 Å². The largest absolute Gasteiger partial charge is 0.457 e. The van der Waals surface area contributed by atoms with Crippen LogP contribution < -0.4 is 0 Å². The summed E-state index contributed by atoms with van der Waals surface area (Å²) in [6.45, 7) is 0. The predicted octanol–water partition coefficient (Wildman–Crippen LogP) is 5.20. The fourth-order valence-electron chi connectivity index (χ4n) is 2.49. The minimum absolute atomic E-state index is 0. The fourth-order valence-corrected chi connectivity index (χ4v) is 3.47. The van der Waals surface area contributed by atoms with Crippen molar-refractivity contribution in [3.8, 4) is 11.3 Å². The number of carbonyl (C=O) groups is 1. The van der Waals surface area contributed by atoms with Crippen LogP contribution in [0.4, 0.5) is 13.2 Å². The van der Waals surface area contributed by atoms with E-state index in [1.165, 1.54) is 6.08 Å². The number of nitrogens with zero attached hydrogens (tertiary/aromatic N) is 3. The van der Waals surface area contributed by atoms with Crippen LogP contribution in [0.15, 0.2) is 56.5 Å². The van der Waals surface area contributed by atoms with Gasteiger partial charge in [0.2, 0.25) is 10.2 Å². The number of hydrogen-bond donors (Lipinski definition) is 1. The van der Waals surface area contributed by atoms with Gasteiger partial charge in [-0.2, -0.15) is 28.3 Å². The van der Waals surface area contributed by atoms with Crippen molar-refractivity contribution in [1.29, 1.82) is 5.41 Å². The number of furan rings is 1. The highest BCUT2D eigenvalue weighted by molar-refractivity contribution is 8.27. The molecule has 3 heterocycles. The lowest BCUT2D eigenvalue weighted by molar-refractivity contribution is -0.114. The van der Waals surface area contributed by atoms with E-state index in [4.69, 9.17) is 21.4 Å². The van der Waals surface area contributed by atoms with E-state index in [1.54, 1.807) is 36.4 Å². The first-order chi connectivity index (χ1) is 13.2. The SMILES string of the molecule is Cl.N=C1/C(=C/c2ccc(-c3ccccc3Cl)o2)C(=O)N=C2SC(C(F)(F)F)=NN12. The third-order valence-corrected chi connectivity index (χ3v) is 5.03. The van der Waals surface area contributed by atoms with Crippen molar-refractivity contribution in [1.82, 2.24) is 5.01 Å². The Morgan fingerprint density at radius 1 is 1.21 bits per heavy atom. The number of hydrogen-bond acceptors (Lipinski definition) is 5. The number of carbonyl (C=O) groups excluding carboxylic acids is 1. The first kappa shape index (κ1) is 21.2. The molecule has 1 N–H and O–H groups in total. The molecule has 0 radical (unpaired) electrons. The molecule has 12 heteroatoms. The Bertz CT molecular complexity index is 1110. The molecular weight excluding hydrogens is 452 g/mol. The van der Waals surface area contributed by atoms with Crippen LogP contribution in [-0.2, 0) is 4.79 Å². The van der Waals surface area contributed by atoms with E-state index in [2.05, 4.69) is 10.1 Å². The predicted molar refractivity (Wildman–Crippen MR) is 107 cm³/mol. The lowest BCUT2D eigenvalue weighted by Gasteiger charge is -2.19. The summed E-state index contributed by atoms with van der Waals surface area (Å²) in [6.07, 6.45) is -3.46. The highest BCUT2D eigenvalue weighted by Gasteiger charge is 2.46. The molecule has 29 heavy (non-hydrogen) atoms. The number of hydrazone groups is 1. The van der Waals surface area contributed by atoms with Gasteiger partial charge < -0.3 is 4.42 Å². The Labute approximate surface area is 177 Å². The van der Waals surface area contributed by atoms with E-state index in [9.17, 15) is 18.0 Å². The van der Waals surface area contributed by atoms with E-state index >= 15 is 0 Å². The van der Waals surface area contributed by atoms with Crippen LogP contribution in [0.5, 0.6) is 0 Å². The average Bonchev–Trinajstić information content (AvgIpc) is 3.26. The highest BCUT2D eigenvalue weighted by Crippen LogP contribution is 2.35. The molecule has 2 aliphatic rings. The molecule has 0 aliphatic carbocycles. The van der Waals surface area contributed by atoms with E-state index < -0.39 is 23.0 Å². The molecule has 1 amide bonds. The van der Waals surface area contributed by atoms with Gasteiger partial charge in [-0.25, -0.2) is 0 Å². The van der Waals surface area contributed by atoms with Crippen molar-refractivity contribution in [3.63, 3.8) is 0 Å². The van der Waals surface area contributed by atoms with Crippen LogP contribution in [-0.4, -0.2) is 33.1 Å². The summed E-state index contributed by atoms with van der Waals surface area (Å²) in [5.41, 5.74) is 0.395. The number of amides is 1. The van der Waals surface area contributed by atoms with Crippen molar-refractivity contribution < 1.29 is 22.4 Å². The summed E-state index contributed by atoms with van der Waals surface area (Å²) in [5.74, 6) is -0.713. The van der Waals surface area contributed by atoms with Gasteiger partial charge in [-0.1, -0.05) is 23.7 Å². The zero-order valence-corrected chi connectivity index (χ0v) is 16.4. The molecule has 0 unspecified atom stereocenters. The van der Waals surface area contributed by atoms with Crippen molar-refractivity contribution in [2.45, 2.75) is 6.18 Å². The lowest BCUT2D eigenvalue weighted by Crippen LogP contribution is -2.35. The molecule has 0 saturated heterocycles. The van der Waals surface area contributed by atoms with E-state index in [-0.39, 0.29) is 40.7 Å². The summed E-state index contributed by atoms with van der Waals surface area (Å²) >= 11 is 6.31. The summed E-state index contributed by atoms with van der Waals surface area (Å²) in [7, 11) is 0. The maximum atomic E-state index is 12.8. The Morgan fingerprint density at radius 3 is 2.62 bits per heavy atom. The molecule has 4 rings (SSSR count). The quantitative estimate of drug-likeness (QED) is 0.624. The third-order valence-electron chi connectivity index (χ3n) is 3.75. The first-order valence-corrected chi connectivity index (χ1v) is 8.85. The lowest BCUT2D eigenvalue weighted by atomic mass is 10.1. The second kappa shape index (κ2) is 7.69. The topological polar surface area (TPSA) is 82.0 Å². The van der Waals surface area contributed by atoms with Gasteiger partial charge in [0.1, 0.15) is 11.5 Å². The van der Waals surface area contributed by atoms with E-state index in [0.29, 0.717) is 21.4 Å². The number of rotatable bonds is 2. The van der Waals surface area contributed by atoms with Gasteiger partial charge in [0, 0.05) is 5.56 Å². The van der Waals surface area contributed by atoms with Crippen LogP contribution >= 0.6 is 35.8 Å². The monoisotopic (exact) mass is 460 g/mol. The summed E-state index contributed by atoms with van der Waals surface area (Å²) in [4.78, 5) is 15.8. The second-order valence-corrected chi connectivity index (χ2v) is 6.97. The van der Waals surface area contributed by atoms with E-state index in [0.717, 1.165) is 0 Å². The molecule has 2 aromatic rings. The Hall–Kier alpha value is -2.56. The van der Waals surface area contributed by atoms with Gasteiger partial charge in [-0.15, -0.1) is 12.4 Å². The molecule has 150 valence electrons. The van der Waals surface area contributed by atoms with Gasteiger partial charge in [-0.05, 0) is 42.1 Å². The van der Waals surface area contributed by atoms with E-state index in [1.807, 2.05) is 0 Å². The minimum atomic E-state index is -4.69. The van der Waals surface area contributed by atoms with Gasteiger partial charge >= 0.3 is 6.18 Å². The standard InChI is InChI=1S/C17H8ClF3N4O2S.ClH/c18-11-4-2-1-3-9(11)12-6-5-8(27-12)7-10-13(22)25-16(23-14(10)26)28-15(24-25)17(19,20)21;/h1-7,22H;1H/b10-7-,22-13?;. The number of amidine groups is 2. The number of fused-ring (bicyclic) bond motifs is 1. The minimum Gasteiger partial charge on any atom is -0.457 e. The Morgan fingerprint density at radius 2 is 1.93 bits per heavy atom. The highest BCUT2D eigenvalue weighted by atomic mass is 35.5. The molecule has 0 atom stereocenters. The van der Waals surface area contributed by atoms with Crippen LogP contribution in [0.25, 0.3) is 17.4 Å². The van der Waals surface area contributed by atoms with Gasteiger partial charge in [-0.3, -0.25) is 10.2 Å². The number of nitrogens with one attached hydrogen (secondary N) is 1. The van der Waals surface area contributed by atoms with Crippen molar-refractivity contribution in [2.75, 3.05) is 0 Å². The summed E-state index contributed by atoms with van der Waals surface area (Å²) in [6, 6.07) is 10.2. The van der Waals surface area contributed by atoms with Gasteiger partial charge in [0.05, 0.1) is 10.6 Å². The van der Waals surface area contributed by atoms with Crippen molar-refractivity contribution >= 4 is 63.8 Å². The number of benzene rings is 1. The van der Waals surface area contributed by atoms with Crippen LogP contribution in [0, 0.1) is 5.41 Å².